The number of carbonyl (C=O) groups excluding carboxylic acids is 3. The standard InChI is InChI=1S/C25H23ClFN3O3/c1-14(29-23(32)16-6-4-5-7-17(16)24(29)33)22(31)30-20(10-11-21(30)25(2,3)13-28)18-12-15(26)8-9-19(18)27/h4-9,12,14,20-21H,10-11H2,1-3H3/t14?,20-,21+/m0/s1. The van der Waals surface area contributed by atoms with E-state index in [1.165, 1.54) is 30.0 Å². The molecule has 3 amide bonds. The van der Waals surface area contributed by atoms with Crippen molar-refractivity contribution >= 4 is 29.3 Å². The Morgan fingerprint density at radius 3 is 2.33 bits per heavy atom. The van der Waals surface area contributed by atoms with Crippen LogP contribution in [0.5, 0.6) is 0 Å². The Balaban J connectivity index is 1.74. The van der Waals surface area contributed by atoms with Gasteiger partial charge in [-0.05, 0) is 63.9 Å². The van der Waals surface area contributed by atoms with Gasteiger partial charge < -0.3 is 4.90 Å². The number of benzene rings is 2. The summed E-state index contributed by atoms with van der Waals surface area (Å²) in [7, 11) is 0. The lowest BCUT2D eigenvalue weighted by Gasteiger charge is -2.39. The Kier molecular flexibility index (Phi) is 5.75. The minimum atomic E-state index is -1.13. The van der Waals surface area contributed by atoms with Crippen LogP contribution in [-0.4, -0.2) is 39.6 Å². The predicted molar refractivity (Wildman–Crippen MR) is 120 cm³/mol. The molecule has 2 aliphatic rings. The topological polar surface area (TPSA) is 81.5 Å². The van der Waals surface area contributed by atoms with Gasteiger partial charge in [0, 0.05) is 10.6 Å². The monoisotopic (exact) mass is 467 g/mol. The van der Waals surface area contributed by atoms with Crippen molar-refractivity contribution in [3.63, 3.8) is 0 Å². The van der Waals surface area contributed by atoms with E-state index in [1.807, 2.05) is 0 Å². The molecule has 2 aliphatic heterocycles. The van der Waals surface area contributed by atoms with Crippen LogP contribution in [0, 0.1) is 22.6 Å². The van der Waals surface area contributed by atoms with Crippen LogP contribution in [0.4, 0.5) is 4.39 Å². The van der Waals surface area contributed by atoms with E-state index in [1.54, 1.807) is 38.1 Å². The highest BCUT2D eigenvalue weighted by Gasteiger charge is 2.50. The molecule has 0 aromatic heterocycles. The minimum absolute atomic E-state index is 0.245. The summed E-state index contributed by atoms with van der Waals surface area (Å²) in [4.78, 5) is 42.2. The van der Waals surface area contributed by atoms with Crippen LogP contribution in [0.1, 0.15) is 65.9 Å². The number of hydrogen-bond acceptors (Lipinski definition) is 4. The maximum absolute atomic E-state index is 14.8. The van der Waals surface area contributed by atoms with Crippen LogP contribution in [-0.2, 0) is 4.79 Å². The average Bonchev–Trinajstić information content (AvgIpc) is 3.35. The predicted octanol–water partition coefficient (Wildman–Crippen LogP) is 4.75. The van der Waals surface area contributed by atoms with Crippen LogP contribution < -0.4 is 0 Å². The third-order valence-electron chi connectivity index (χ3n) is 6.65. The molecule has 2 heterocycles. The summed E-state index contributed by atoms with van der Waals surface area (Å²) >= 11 is 6.11. The number of nitrogens with zero attached hydrogens (tertiary/aromatic N) is 3. The van der Waals surface area contributed by atoms with Crippen molar-refractivity contribution in [3.05, 3.63) is 70.0 Å². The molecule has 0 radical (unpaired) electrons. The molecule has 6 nitrogen and oxygen atoms in total. The van der Waals surface area contributed by atoms with Crippen LogP contribution in [0.25, 0.3) is 0 Å². The Morgan fingerprint density at radius 1 is 1.15 bits per heavy atom. The molecular formula is C25H23ClFN3O3. The van der Waals surface area contributed by atoms with E-state index >= 15 is 0 Å². The minimum Gasteiger partial charge on any atom is -0.329 e. The van der Waals surface area contributed by atoms with Crippen LogP contribution in [0.3, 0.4) is 0 Å². The zero-order valence-corrected chi connectivity index (χ0v) is 19.3. The molecule has 8 heteroatoms. The first-order valence-corrected chi connectivity index (χ1v) is 11.1. The molecule has 0 aliphatic carbocycles. The lowest BCUT2D eigenvalue weighted by atomic mass is 9.84. The number of imide groups is 1. The normalized spacial score (nSPS) is 21.2. The van der Waals surface area contributed by atoms with Gasteiger partial charge in [-0.15, -0.1) is 0 Å². The van der Waals surface area contributed by atoms with E-state index in [0.717, 1.165) is 4.90 Å². The van der Waals surface area contributed by atoms with Crippen molar-refractivity contribution in [2.45, 2.75) is 51.7 Å². The van der Waals surface area contributed by atoms with Crippen molar-refractivity contribution in [2.75, 3.05) is 0 Å². The summed E-state index contributed by atoms with van der Waals surface area (Å²) in [5, 5.41) is 10.1. The number of nitriles is 1. The van der Waals surface area contributed by atoms with Gasteiger partial charge in [0.25, 0.3) is 11.8 Å². The highest BCUT2D eigenvalue weighted by atomic mass is 35.5. The number of fused-ring (bicyclic) bond motifs is 1. The molecule has 3 atom stereocenters. The highest BCUT2D eigenvalue weighted by molar-refractivity contribution is 6.30. The third-order valence-corrected chi connectivity index (χ3v) is 6.88. The molecule has 2 aromatic carbocycles. The summed E-state index contributed by atoms with van der Waals surface area (Å²) in [5.74, 6) is -2.11. The molecule has 2 aromatic rings. The van der Waals surface area contributed by atoms with E-state index in [-0.39, 0.29) is 16.7 Å². The number of carbonyl (C=O) groups is 3. The number of halogens is 2. The van der Waals surface area contributed by atoms with Crippen molar-refractivity contribution in [3.8, 4) is 6.07 Å². The maximum atomic E-state index is 14.8. The number of amides is 3. The van der Waals surface area contributed by atoms with Gasteiger partial charge in [-0.2, -0.15) is 5.26 Å². The molecular weight excluding hydrogens is 445 g/mol. The van der Waals surface area contributed by atoms with Crippen molar-refractivity contribution < 1.29 is 18.8 Å². The van der Waals surface area contributed by atoms with Crippen LogP contribution in [0.15, 0.2) is 42.5 Å². The zero-order chi connectivity index (χ0) is 24.1. The van der Waals surface area contributed by atoms with Gasteiger partial charge in [-0.25, -0.2) is 4.39 Å². The van der Waals surface area contributed by atoms with Gasteiger partial charge in [-0.3, -0.25) is 19.3 Å². The fourth-order valence-corrected chi connectivity index (χ4v) is 5.04. The van der Waals surface area contributed by atoms with Gasteiger partial charge in [0.1, 0.15) is 11.9 Å². The Bertz CT molecular complexity index is 1170. The first kappa shape index (κ1) is 22.9. The summed E-state index contributed by atoms with van der Waals surface area (Å²) in [6.07, 6.45) is 0.894. The quantitative estimate of drug-likeness (QED) is 0.608. The average molecular weight is 468 g/mol. The SMILES string of the molecule is CC(C(=O)N1[C@H](c2cc(Cl)ccc2F)CC[C@@H]1C(C)(C)C#N)N1C(=O)c2ccccc2C1=O. The number of rotatable bonds is 4. The molecule has 0 N–H and O–H groups in total. The molecule has 4 rings (SSSR count). The molecule has 0 spiro atoms. The van der Waals surface area contributed by atoms with Crippen LogP contribution in [0.2, 0.25) is 5.02 Å². The molecule has 1 fully saturated rings. The largest absolute Gasteiger partial charge is 0.329 e. The first-order valence-electron chi connectivity index (χ1n) is 10.7. The second-order valence-corrected chi connectivity index (χ2v) is 9.49. The first-order chi connectivity index (χ1) is 15.6. The van der Waals surface area contributed by atoms with E-state index in [0.29, 0.717) is 17.9 Å². The maximum Gasteiger partial charge on any atom is 0.262 e. The lowest BCUT2D eigenvalue weighted by molar-refractivity contribution is -0.139. The number of hydrogen-bond donors (Lipinski definition) is 0. The van der Waals surface area contributed by atoms with Gasteiger partial charge in [-0.1, -0.05) is 23.7 Å². The Labute approximate surface area is 196 Å². The second-order valence-electron chi connectivity index (χ2n) is 9.06. The summed E-state index contributed by atoms with van der Waals surface area (Å²) in [6.45, 7) is 4.94. The van der Waals surface area contributed by atoms with Crippen molar-refractivity contribution in [1.29, 1.82) is 5.26 Å². The fraction of sp³-hybridized carbons (Fsp3) is 0.360. The van der Waals surface area contributed by atoms with Gasteiger partial charge >= 0.3 is 0 Å². The summed E-state index contributed by atoms with van der Waals surface area (Å²) in [5.41, 5.74) is -0.187. The smallest absolute Gasteiger partial charge is 0.262 e. The van der Waals surface area contributed by atoms with Crippen LogP contribution >= 0.6 is 11.6 Å². The Hall–Kier alpha value is -3.24. The van der Waals surface area contributed by atoms with Gasteiger partial charge in [0.15, 0.2) is 0 Å². The van der Waals surface area contributed by atoms with E-state index in [2.05, 4.69) is 6.07 Å². The summed E-state index contributed by atoms with van der Waals surface area (Å²) in [6, 6.07) is 10.5. The molecule has 0 saturated carbocycles. The van der Waals surface area contributed by atoms with Gasteiger partial charge in [0.05, 0.1) is 34.7 Å². The molecule has 0 bridgehead atoms. The lowest BCUT2D eigenvalue weighted by Crippen LogP contribution is -2.53. The van der Waals surface area contributed by atoms with Crippen molar-refractivity contribution in [1.82, 2.24) is 9.80 Å². The molecule has 1 saturated heterocycles. The van der Waals surface area contributed by atoms with E-state index in [4.69, 9.17) is 11.6 Å². The molecule has 33 heavy (non-hydrogen) atoms. The Morgan fingerprint density at radius 2 is 1.76 bits per heavy atom. The van der Waals surface area contributed by atoms with Gasteiger partial charge in [0.2, 0.25) is 5.91 Å². The third kappa shape index (κ3) is 3.68. The summed E-state index contributed by atoms with van der Waals surface area (Å²) < 4.78 is 14.8. The zero-order valence-electron chi connectivity index (χ0n) is 18.5. The van der Waals surface area contributed by atoms with E-state index in [9.17, 15) is 24.0 Å². The highest BCUT2D eigenvalue weighted by Crippen LogP contribution is 2.45. The molecule has 1 unspecified atom stereocenters. The van der Waals surface area contributed by atoms with Crippen molar-refractivity contribution in [2.24, 2.45) is 5.41 Å². The van der Waals surface area contributed by atoms with E-state index < -0.39 is 47.1 Å². The fourth-order valence-electron chi connectivity index (χ4n) is 4.86. The number of likely N-dealkylation sites (tertiary alicyclic amines) is 1. The molecule has 170 valence electrons. The second kappa shape index (κ2) is 8.27.